The average Bonchev–Trinajstić information content (AvgIpc) is 2.37. The van der Waals surface area contributed by atoms with Gasteiger partial charge >= 0.3 is 0 Å². The maximum Gasteiger partial charge on any atom is 0.0433 e. The van der Waals surface area contributed by atoms with Crippen molar-refractivity contribution in [3.8, 4) is 0 Å². The zero-order valence-corrected chi connectivity index (χ0v) is 13.3. The molecule has 18 heavy (non-hydrogen) atoms. The summed E-state index contributed by atoms with van der Waals surface area (Å²) in [6.45, 7) is 3.10. The Bertz CT molecular complexity index is 383. The standard InChI is InChI=1S/C15H22BrNS/c1-11-5-4-6-12(9-11)18-15(10-17)13-7-2-3-8-14(13)16/h2-3,7-8,11-12,15H,4-6,9-10,17H2,1H3. The van der Waals surface area contributed by atoms with Crippen LogP contribution < -0.4 is 5.73 Å². The van der Waals surface area contributed by atoms with Gasteiger partial charge in [-0.15, -0.1) is 11.8 Å². The van der Waals surface area contributed by atoms with Crippen LogP contribution in [0, 0.1) is 5.92 Å². The molecule has 0 heterocycles. The lowest BCUT2D eigenvalue weighted by Gasteiger charge is -2.29. The fraction of sp³-hybridized carbons (Fsp3) is 0.600. The minimum atomic E-state index is 0.427. The number of benzene rings is 1. The third-order valence-corrected chi connectivity index (χ3v) is 6.02. The van der Waals surface area contributed by atoms with E-state index in [1.54, 1.807) is 0 Å². The molecule has 3 atom stereocenters. The van der Waals surface area contributed by atoms with Crippen molar-refractivity contribution in [2.75, 3.05) is 6.54 Å². The van der Waals surface area contributed by atoms with E-state index in [1.807, 2.05) is 0 Å². The van der Waals surface area contributed by atoms with E-state index in [0.29, 0.717) is 5.25 Å². The quantitative estimate of drug-likeness (QED) is 0.862. The van der Waals surface area contributed by atoms with Gasteiger partial charge in [-0.2, -0.15) is 0 Å². The lowest BCUT2D eigenvalue weighted by Crippen LogP contribution is -2.19. The first kappa shape index (κ1) is 14.4. The van der Waals surface area contributed by atoms with E-state index in [4.69, 9.17) is 5.73 Å². The summed E-state index contributed by atoms with van der Waals surface area (Å²) >= 11 is 5.73. The van der Waals surface area contributed by atoms with Crippen molar-refractivity contribution >= 4 is 27.7 Å². The lowest BCUT2D eigenvalue weighted by molar-refractivity contribution is 0.393. The number of halogens is 1. The van der Waals surface area contributed by atoms with E-state index in [0.717, 1.165) is 17.7 Å². The summed E-state index contributed by atoms with van der Waals surface area (Å²) in [5.41, 5.74) is 7.33. The molecule has 0 radical (unpaired) electrons. The zero-order chi connectivity index (χ0) is 13.0. The van der Waals surface area contributed by atoms with E-state index >= 15 is 0 Å². The van der Waals surface area contributed by atoms with Crippen molar-refractivity contribution in [3.63, 3.8) is 0 Å². The van der Waals surface area contributed by atoms with Crippen LogP contribution in [0.5, 0.6) is 0 Å². The molecular formula is C15H22BrNS. The van der Waals surface area contributed by atoms with Crippen molar-refractivity contribution in [3.05, 3.63) is 34.3 Å². The Kier molecular flexibility index (Phi) is 5.58. The summed E-state index contributed by atoms with van der Waals surface area (Å²) in [6, 6.07) is 8.48. The van der Waals surface area contributed by atoms with Gasteiger partial charge in [-0.3, -0.25) is 0 Å². The second-order valence-corrected chi connectivity index (χ2v) is 7.64. The normalized spacial score (nSPS) is 25.9. The summed E-state index contributed by atoms with van der Waals surface area (Å²) in [5, 5.41) is 1.21. The molecule has 0 bridgehead atoms. The number of hydrogen-bond acceptors (Lipinski definition) is 2. The summed E-state index contributed by atoms with van der Waals surface area (Å²) in [6.07, 6.45) is 5.49. The topological polar surface area (TPSA) is 26.0 Å². The van der Waals surface area contributed by atoms with Gasteiger partial charge in [-0.25, -0.2) is 0 Å². The van der Waals surface area contributed by atoms with Crippen LogP contribution in [0.1, 0.15) is 43.4 Å². The monoisotopic (exact) mass is 327 g/mol. The van der Waals surface area contributed by atoms with Gasteiger partial charge in [0.1, 0.15) is 0 Å². The van der Waals surface area contributed by atoms with Crippen molar-refractivity contribution < 1.29 is 0 Å². The van der Waals surface area contributed by atoms with E-state index in [9.17, 15) is 0 Å². The highest BCUT2D eigenvalue weighted by atomic mass is 79.9. The highest BCUT2D eigenvalue weighted by molar-refractivity contribution is 9.10. The van der Waals surface area contributed by atoms with Gasteiger partial charge in [0.05, 0.1) is 0 Å². The molecule has 0 spiro atoms. The van der Waals surface area contributed by atoms with Crippen LogP contribution in [0.25, 0.3) is 0 Å². The van der Waals surface area contributed by atoms with Gasteiger partial charge in [0.15, 0.2) is 0 Å². The van der Waals surface area contributed by atoms with Gasteiger partial charge in [-0.05, 0) is 30.4 Å². The third-order valence-electron chi connectivity index (χ3n) is 3.71. The highest BCUT2D eigenvalue weighted by Crippen LogP contribution is 2.41. The van der Waals surface area contributed by atoms with Gasteiger partial charge in [0, 0.05) is 21.5 Å². The molecule has 0 aliphatic heterocycles. The largest absolute Gasteiger partial charge is 0.329 e. The SMILES string of the molecule is CC1CCCC(SC(CN)c2ccccc2Br)C1. The van der Waals surface area contributed by atoms with Gasteiger partial charge in [0.25, 0.3) is 0 Å². The predicted molar refractivity (Wildman–Crippen MR) is 84.9 cm³/mol. The van der Waals surface area contributed by atoms with Crippen molar-refractivity contribution in [1.29, 1.82) is 0 Å². The van der Waals surface area contributed by atoms with Crippen LogP contribution in [0.3, 0.4) is 0 Å². The Balaban J connectivity index is 2.03. The summed E-state index contributed by atoms with van der Waals surface area (Å²) in [5.74, 6) is 0.883. The second kappa shape index (κ2) is 6.97. The molecule has 1 fully saturated rings. The van der Waals surface area contributed by atoms with Gasteiger partial charge in [0.2, 0.25) is 0 Å². The smallest absolute Gasteiger partial charge is 0.0433 e. The molecule has 2 rings (SSSR count). The molecule has 3 unspecified atom stereocenters. The van der Waals surface area contributed by atoms with Crippen LogP contribution in [-0.2, 0) is 0 Å². The molecule has 1 aliphatic carbocycles. The maximum atomic E-state index is 5.98. The minimum Gasteiger partial charge on any atom is -0.329 e. The van der Waals surface area contributed by atoms with Crippen LogP contribution in [0.2, 0.25) is 0 Å². The van der Waals surface area contributed by atoms with Gasteiger partial charge in [-0.1, -0.05) is 53.9 Å². The van der Waals surface area contributed by atoms with E-state index in [2.05, 4.69) is 58.9 Å². The van der Waals surface area contributed by atoms with Crippen molar-refractivity contribution in [1.82, 2.24) is 0 Å². The summed E-state index contributed by atoms with van der Waals surface area (Å²) in [7, 11) is 0. The number of hydrogen-bond donors (Lipinski definition) is 1. The molecule has 0 saturated heterocycles. The van der Waals surface area contributed by atoms with E-state index in [1.165, 1.54) is 35.7 Å². The number of rotatable bonds is 4. The molecule has 100 valence electrons. The Morgan fingerprint density at radius 3 is 2.83 bits per heavy atom. The number of nitrogens with two attached hydrogens (primary N) is 1. The minimum absolute atomic E-state index is 0.427. The van der Waals surface area contributed by atoms with Crippen LogP contribution in [-0.4, -0.2) is 11.8 Å². The first-order valence-corrected chi connectivity index (χ1v) is 8.54. The first-order chi connectivity index (χ1) is 8.70. The van der Waals surface area contributed by atoms with Crippen LogP contribution in [0.15, 0.2) is 28.7 Å². The molecule has 1 nitrogen and oxygen atoms in total. The fourth-order valence-electron chi connectivity index (χ4n) is 2.73. The molecule has 2 N–H and O–H groups in total. The third kappa shape index (κ3) is 3.75. The summed E-state index contributed by atoms with van der Waals surface area (Å²) in [4.78, 5) is 0. The molecule has 1 saturated carbocycles. The number of thioether (sulfide) groups is 1. The van der Waals surface area contributed by atoms with E-state index in [-0.39, 0.29) is 0 Å². The predicted octanol–water partition coefficient (Wildman–Crippen LogP) is 4.76. The van der Waals surface area contributed by atoms with Crippen molar-refractivity contribution in [2.24, 2.45) is 11.7 Å². The highest BCUT2D eigenvalue weighted by Gasteiger charge is 2.23. The van der Waals surface area contributed by atoms with Crippen LogP contribution in [0.4, 0.5) is 0 Å². The first-order valence-electron chi connectivity index (χ1n) is 6.80. The molecule has 1 aromatic carbocycles. The fourth-order valence-corrected chi connectivity index (χ4v) is 5.11. The molecule has 3 heteroatoms. The second-order valence-electron chi connectivity index (χ2n) is 5.28. The zero-order valence-electron chi connectivity index (χ0n) is 10.9. The maximum absolute atomic E-state index is 5.98. The molecule has 1 aromatic rings. The average molecular weight is 328 g/mol. The Morgan fingerprint density at radius 2 is 2.17 bits per heavy atom. The molecular weight excluding hydrogens is 306 g/mol. The Morgan fingerprint density at radius 1 is 1.39 bits per heavy atom. The molecule has 0 aromatic heterocycles. The van der Waals surface area contributed by atoms with E-state index < -0.39 is 0 Å². The van der Waals surface area contributed by atoms with Crippen molar-refractivity contribution in [2.45, 2.75) is 43.1 Å². The lowest BCUT2D eigenvalue weighted by atomic mass is 9.91. The Labute approximate surface area is 123 Å². The Hall–Kier alpha value is 0.01000. The summed E-state index contributed by atoms with van der Waals surface area (Å²) < 4.78 is 1.19. The van der Waals surface area contributed by atoms with Crippen LogP contribution >= 0.6 is 27.7 Å². The van der Waals surface area contributed by atoms with Gasteiger partial charge < -0.3 is 5.73 Å². The molecule has 1 aliphatic rings. The molecule has 0 amide bonds.